The van der Waals surface area contributed by atoms with Crippen LogP contribution in [0.1, 0.15) is 23.1 Å². The van der Waals surface area contributed by atoms with E-state index in [1.165, 1.54) is 11.1 Å². The quantitative estimate of drug-likeness (QED) is 0.567. The van der Waals surface area contributed by atoms with E-state index in [2.05, 4.69) is 50.2 Å². The minimum Gasteiger partial charge on any atom is -0.488 e. The van der Waals surface area contributed by atoms with Crippen LogP contribution in [0.3, 0.4) is 0 Å². The summed E-state index contributed by atoms with van der Waals surface area (Å²) in [5, 5.41) is 0. The fourth-order valence-corrected chi connectivity index (χ4v) is 3.04. The number of aryl methyl sites for hydroxylation is 2. The summed E-state index contributed by atoms with van der Waals surface area (Å²) in [6.07, 6.45) is 0.670. The number of hydrogen-bond acceptors (Lipinski definition) is 3. The second-order valence-electron chi connectivity index (χ2n) is 6.87. The summed E-state index contributed by atoms with van der Waals surface area (Å²) < 4.78 is 5.99. The van der Waals surface area contributed by atoms with Crippen LogP contribution in [0.15, 0.2) is 82.8 Å². The van der Waals surface area contributed by atoms with E-state index in [-0.39, 0.29) is 0 Å². The van der Waals surface area contributed by atoms with Crippen molar-refractivity contribution in [2.45, 2.75) is 20.3 Å². The fraction of sp³-hybridized carbons (Fsp3) is 0.167. The predicted molar refractivity (Wildman–Crippen MR) is 112 cm³/mol. The molecule has 0 spiro atoms. The summed E-state index contributed by atoms with van der Waals surface area (Å²) in [4.78, 5) is 9.74. The lowest BCUT2D eigenvalue weighted by molar-refractivity contribution is 0.375. The average molecular weight is 354 g/mol. The van der Waals surface area contributed by atoms with Crippen LogP contribution < -0.4 is 4.74 Å². The lowest BCUT2D eigenvalue weighted by atomic mass is 10.0. The smallest absolute Gasteiger partial charge is 0.127 e. The van der Waals surface area contributed by atoms with E-state index in [4.69, 9.17) is 14.7 Å². The van der Waals surface area contributed by atoms with Crippen LogP contribution in [-0.4, -0.2) is 18.0 Å². The SMILES string of the molecule is Cc1ccc(OCC2=Nc3ccccc3N=C(c3ccc(C)cc3)C2)cc1. The van der Waals surface area contributed by atoms with E-state index in [1.54, 1.807) is 0 Å². The Morgan fingerprint density at radius 1 is 0.741 bits per heavy atom. The molecule has 0 saturated heterocycles. The number of benzene rings is 3. The van der Waals surface area contributed by atoms with Gasteiger partial charge in [0.15, 0.2) is 0 Å². The van der Waals surface area contributed by atoms with Crippen LogP contribution in [0, 0.1) is 13.8 Å². The van der Waals surface area contributed by atoms with E-state index < -0.39 is 0 Å². The van der Waals surface area contributed by atoms with Gasteiger partial charge in [-0.05, 0) is 43.7 Å². The molecule has 1 aliphatic heterocycles. The molecule has 0 atom stereocenters. The Balaban J connectivity index is 1.63. The van der Waals surface area contributed by atoms with Gasteiger partial charge >= 0.3 is 0 Å². The molecule has 3 aromatic rings. The third-order valence-corrected chi connectivity index (χ3v) is 4.60. The van der Waals surface area contributed by atoms with Crippen LogP contribution in [0.2, 0.25) is 0 Å². The highest BCUT2D eigenvalue weighted by Crippen LogP contribution is 2.31. The maximum Gasteiger partial charge on any atom is 0.127 e. The Bertz CT molecular complexity index is 999. The molecule has 134 valence electrons. The van der Waals surface area contributed by atoms with Gasteiger partial charge in [0, 0.05) is 6.42 Å². The molecule has 4 rings (SSSR count). The van der Waals surface area contributed by atoms with Gasteiger partial charge in [-0.1, -0.05) is 59.7 Å². The van der Waals surface area contributed by atoms with Crippen LogP contribution >= 0.6 is 0 Å². The van der Waals surface area contributed by atoms with Crippen LogP contribution in [0.4, 0.5) is 11.4 Å². The monoisotopic (exact) mass is 354 g/mol. The first-order valence-electron chi connectivity index (χ1n) is 9.17. The molecular formula is C24H22N2O. The molecule has 27 heavy (non-hydrogen) atoms. The highest BCUT2D eigenvalue weighted by molar-refractivity contribution is 6.15. The van der Waals surface area contributed by atoms with Crippen molar-refractivity contribution in [3.63, 3.8) is 0 Å². The normalized spacial score (nSPS) is 13.3. The Hall–Kier alpha value is -3.20. The van der Waals surface area contributed by atoms with Gasteiger partial charge in [-0.3, -0.25) is 9.98 Å². The lowest BCUT2D eigenvalue weighted by Crippen LogP contribution is -2.16. The Morgan fingerprint density at radius 3 is 2.00 bits per heavy atom. The van der Waals surface area contributed by atoms with Crippen molar-refractivity contribution in [2.24, 2.45) is 9.98 Å². The molecule has 0 bridgehead atoms. The zero-order chi connectivity index (χ0) is 18.6. The third kappa shape index (κ3) is 4.14. The van der Waals surface area contributed by atoms with E-state index in [0.717, 1.165) is 34.1 Å². The lowest BCUT2D eigenvalue weighted by Gasteiger charge is -2.10. The topological polar surface area (TPSA) is 34.0 Å². The molecule has 0 N–H and O–H groups in total. The van der Waals surface area contributed by atoms with Gasteiger partial charge in [-0.15, -0.1) is 0 Å². The molecule has 0 amide bonds. The number of aliphatic imine (C=N–C) groups is 2. The maximum atomic E-state index is 5.99. The summed E-state index contributed by atoms with van der Waals surface area (Å²) in [6, 6.07) is 24.6. The standard InChI is InChI=1S/C24H22N2O/c1-17-7-11-19(12-8-17)24-15-20(16-27-21-13-9-18(2)10-14-21)25-22-5-3-4-6-23(22)26-24/h3-14H,15-16H2,1-2H3. The van der Waals surface area contributed by atoms with Crippen molar-refractivity contribution in [1.29, 1.82) is 0 Å². The molecule has 3 aromatic carbocycles. The first-order chi connectivity index (χ1) is 13.2. The molecule has 3 nitrogen and oxygen atoms in total. The molecule has 1 heterocycles. The molecule has 0 aromatic heterocycles. The summed E-state index contributed by atoms with van der Waals surface area (Å²) in [7, 11) is 0. The summed E-state index contributed by atoms with van der Waals surface area (Å²) in [5.74, 6) is 0.856. The first-order valence-corrected chi connectivity index (χ1v) is 9.17. The number of hydrogen-bond donors (Lipinski definition) is 0. The van der Waals surface area contributed by atoms with Gasteiger partial charge in [0.2, 0.25) is 0 Å². The van der Waals surface area contributed by atoms with Crippen LogP contribution in [-0.2, 0) is 0 Å². The zero-order valence-corrected chi connectivity index (χ0v) is 15.6. The second-order valence-corrected chi connectivity index (χ2v) is 6.87. The number of para-hydroxylation sites is 2. The van der Waals surface area contributed by atoms with Crippen molar-refractivity contribution in [3.8, 4) is 5.75 Å². The largest absolute Gasteiger partial charge is 0.488 e. The third-order valence-electron chi connectivity index (χ3n) is 4.60. The molecule has 3 heteroatoms. The Kier molecular flexibility index (Phi) is 4.84. The highest BCUT2D eigenvalue weighted by atomic mass is 16.5. The van der Waals surface area contributed by atoms with E-state index in [9.17, 15) is 0 Å². The van der Waals surface area contributed by atoms with E-state index in [1.807, 2.05) is 36.4 Å². The van der Waals surface area contributed by atoms with E-state index in [0.29, 0.717) is 13.0 Å². The Labute approximate surface area is 160 Å². The van der Waals surface area contributed by atoms with Crippen molar-refractivity contribution in [1.82, 2.24) is 0 Å². The molecule has 0 fully saturated rings. The maximum absolute atomic E-state index is 5.99. The molecule has 0 aliphatic carbocycles. The summed E-state index contributed by atoms with van der Waals surface area (Å²) >= 11 is 0. The Morgan fingerprint density at radius 2 is 1.33 bits per heavy atom. The molecule has 0 radical (unpaired) electrons. The fourth-order valence-electron chi connectivity index (χ4n) is 3.04. The first kappa shape index (κ1) is 17.2. The summed E-state index contributed by atoms with van der Waals surface area (Å²) in [6.45, 7) is 4.61. The highest BCUT2D eigenvalue weighted by Gasteiger charge is 2.15. The molecule has 0 saturated carbocycles. The number of fused-ring (bicyclic) bond motifs is 1. The van der Waals surface area contributed by atoms with Gasteiger partial charge < -0.3 is 4.74 Å². The average Bonchev–Trinajstić information content (AvgIpc) is 2.87. The number of ether oxygens (including phenoxy) is 1. The molecule has 0 unspecified atom stereocenters. The van der Waals surface area contributed by atoms with Crippen molar-refractivity contribution in [3.05, 3.63) is 89.5 Å². The number of nitrogens with zero attached hydrogens (tertiary/aromatic N) is 2. The van der Waals surface area contributed by atoms with Crippen molar-refractivity contribution in [2.75, 3.05) is 6.61 Å². The van der Waals surface area contributed by atoms with Crippen LogP contribution in [0.5, 0.6) is 5.75 Å². The van der Waals surface area contributed by atoms with Gasteiger partial charge in [-0.2, -0.15) is 0 Å². The summed E-state index contributed by atoms with van der Waals surface area (Å²) in [5.41, 5.74) is 7.37. The van der Waals surface area contributed by atoms with Crippen LogP contribution in [0.25, 0.3) is 0 Å². The van der Waals surface area contributed by atoms with Gasteiger partial charge in [0.05, 0.1) is 22.8 Å². The van der Waals surface area contributed by atoms with Crippen molar-refractivity contribution >= 4 is 22.8 Å². The molecule has 1 aliphatic rings. The predicted octanol–water partition coefficient (Wildman–Crippen LogP) is 5.98. The minimum atomic E-state index is 0.447. The minimum absolute atomic E-state index is 0.447. The van der Waals surface area contributed by atoms with Gasteiger partial charge in [0.1, 0.15) is 12.4 Å². The zero-order valence-electron chi connectivity index (χ0n) is 15.6. The molecular weight excluding hydrogens is 332 g/mol. The van der Waals surface area contributed by atoms with Gasteiger partial charge in [-0.25, -0.2) is 0 Å². The number of rotatable bonds is 4. The van der Waals surface area contributed by atoms with E-state index >= 15 is 0 Å². The van der Waals surface area contributed by atoms with Gasteiger partial charge in [0.25, 0.3) is 0 Å². The van der Waals surface area contributed by atoms with Crippen molar-refractivity contribution < 1.29 is 4.74 Å². The second kappa shape index (κ2) is 7.58.